The number of hydrogen-bond acceptors (Lipinski definition) is 4. The van der Waals surface area contributed by atoms with Crippen LogP contribution in [-0.4, -0.2) is 45.7 Å². The van der Waals surface area contributed by atoms with Gasteiger partial charge in [0.1, 0.15) is 17.7 Å². The third-order valence-electron chi connectivity index (χ3n) is 7.96. The first kappa shape index (κ1) is 14.8. The fourth-order valence-corrected chi connectivity index (χ4v) is 6.75. The summed E-state index contributed by atoms with van der Waals surface area (Å²) in [7, 11) is 0. The quantitative estimate of drug-likeness (QED) is 0.639. The van der Waals surface area contributed by atoms with E-state index >= 15 is 0 Å². The highest BCUT2D eigenvalue weighted by Crippen LogP contribution is 2.66. The van der Waals surface area contributed by atoms with Crippen molar-refractivity contribution in [3.8, 4) is 11.5 Å². The molecule has 134 valence electrons. The van der Waals surface area contributed by atoms with Gasteiger partial charge in [-0.05, 0) is 43.7 Å². The molecule has 0 radical (unpaired) electrons. The fraction of sp³-hybridized carbons (Fsp3) is 0.700. The van der Waals surface area contributed by atoms with E-state index in [4.69, 9.17) is 4.74 Å². The normalized spacial score (nSPS) is 46.5. The van der Waals surface area contributed by atoms with Crippen LogP contribution in [0, 0.1) is 11.1 Å². The Bertz CT molecular complexity index is 777. The van der Waals surface area contributed by atoms with Crippen LogP contribution in [-0.2, 0) is 11.8 Å². The van der Waals surface area contributed by atoms with Crippen LogP contribution in [0.2, 0.25) is 0 Å². The number of hydroxylamine groups is 3. The lowest BCUT2D eigenvalue weighted by molar-refractivity contribution is -0.924. The second-order valence-corrected chi connectivity index (χ2v) is 9.11. The minimum absolute atomic E-state index is 0.106. The van der Waals surface area contributed by atoms with Crippen molar-refractivity contribution in [3.05, 3.63) is 28.5 Å². The molecule has 1 aromatic carbocycles. The summed E-state index contributed by atoms with van der Waals surface area (Å²) in [6.07, 6.45) is 5.95. The molecule has 1 aromatic rings. The Kier molecular flexibility index (Phi) is 2.57. The van der Waals surface area contributed by atoms with Gasteiger partial charge in [0.05, 0.1) is 18.5 Å². The first-order valence-corrected chi connectivity index (χ1v) is 9.80. The molecule has 0 aromatic heterocycles. The van der Waals surface area contributed by atoms with Crippen molar-refractivity contribution < 1.29 is 19.6 Å². The maximum Gasteiger partial charge on any atom is 0.165 e. The molecule has 3 fully saturated rings. The van der Waals surface area contributed by atoms with Crippen molar-refractivity contribution in [1.29, 1.82) is 0 Å². The lowest BCUT2D eigenvalue weighted by Crippen LogP contribution is -2.79. The van der Waals surface area contributed by atoms with E-state index in [1.54, 1.807) is 6.07 Å². The largest absolute Gasteiger partial charge is 0.632 e. The van der Waals surface area contributed by atoms with Crippen molar-refractivity contribution in [2.45, 2.75) is 68.1 Å². The maximum atomic E-state index is 13.9. The molecule has 1 unspecified atom stereocenters. The zero-order valence-corrected chi connectivity index (χ0v) is 14.4. The number of piperidine rings is 1. The Balaban J connectivity index is 1.58. The number of hydrogen-bond donors (Lipinski definition) is 2. The molecule has 25 heavy (non-hydrogen) atoms. The molecule has 5 atom stereocenters. The summed E-state index contributed by atoms with van der Waals surface area (Å²) in [6.45, 7) is 1.23. The molecule has 3 aliphatic carbocycles. The summed E-state index contributed by atoms with van der Waals surface area (Å²) in [5.41, 5.74) is 0.638. The van der Waals surface area contributed by atoms with Gasteiger partial charge in [0.2, 0.25) is 0 Å². The minimum Gasteiger partial charge on any atom is -0.632 e. The van der Waals surface area contributed by atoms with E-state index < -0.39 is 11.0 Å². The average Bonchev–Trinajstić information content (AvgIpc) is 3.30. The molecule has 1 saturated heterocycles. The fourth-order valence-electron chi connectivity index (χ4n) is 6.75. The first-order valence-electron chi connectivity index (χ1n) is 9.80. The van der Waals surface area contributed by atoms with E-state index in [1.807, 2.05) is 6.07 Å². The molecule has 0 amide bonds. The highest BCUT2D eigenvalue weighted by Gasteiger charge is 2.74. The molecule has 1 spiro atoms. The smallest absolute Gasteiger partial charge is 0.165 e. The van der Waals surface area contributed by atoms with Crippen molar-refractivity contribution >= 4 is 0 Å². The number of phenols is 1. The van der Waals surface area contributed by atoms with E-state index in [0.717, 1.165) is 24.0 Å². The number of quaternary nitrogens is 1. The standard InChI is InChI=1S/C20H25NO4/c22-14-6-5-13-10-15-20(23)7-1-2-16-19(20,17(13)18(14)25-16)8-9-21(15,24)11-12-3-4-12/h5-6,12,15-16,22-23H,1-4,7-11H2/t15-,16+,19-,20-,21?/m1/s1. The lowest BCUT2D eigenvalue weighted by atomic mass is 9.49. The van der Waals surface area contributed by atoms with Crippen LogP contribution in [0.5, 0.6) is 11.5 Å². The average molecular weight is 343 g/mol. The summed E-state index contributed by atoms with van der Waals surface area (Å²) in [5, 5.41) is 36.2. The number of rotatable bonds is 2. The molecule has 2 N–H and O–H groups in total. The van der Waals surface area contributed by atoms with Gasteiger partial charge in [-0.1, -0.05) is 6.07 Å². The SMILES string of the molecule is [O-][N+]1(CC2CC2)CC[C@]23c4c5ccc(O)c4O[C@H]2CCC[C@@]3(O)[C@H]1C5. The van der Waals surface area contributed by atoms with Crippen LogP contribution in [0.1, 0.15) is 49.7 Å². The van der Waals surface area contributed by atoms with Crippen molar-refractivity contribution in [3.63, 3.8) is 0 Å². The summed E-state index contributed by atoms with van der Waals surface area (Å²) < 4.78 is 5.99. The predicted octanol–water partition coefficient (Wildman–Crippen LogP) is 2.36. The van der Waals surface area contributed by atoms with E-state index in [2.05, 4.69) is 0 Å². The van der Waals surface area contributed by atoms with E-state index in [0.29, 0.717) is 44.0 Å². The molecule has 6 rings (SSSR count). The summed E-state index contributed by atoms with van der Waals surface area (Å²) in [5.74, 6) is 1.30. The van der Waals surface area contributed by atoms with Crippen LogP contribution < -0.4 is 4.74 Å². The molecule has 2 saturated carbocycles. The van der Waals surface area contributed by atoms with Crippen molar-refractivity contribution in [2.24, 2.45) is 5.92 Å². The number of phenolic OH excluding ortho intramolecular Hbond substituents is 1. The van der Waals surface area contributed by atoms with E-state index in [1.165, 1.54) is 12.8 Å². The molecular weight excluding hydrogens is 318 g/mol. The highest BCUT2D eigenvalue weighted by atomic mass is 16.6. The third-order valence-corrected chi connectivity index (χ3v) is 7.96. The van der Waals surface area contributed by atoms with Gasteiger partial charge >= 0.3 is 0 Å². The van der Waals surface area contributed by atoms with Crippen molar-refractivity contribution in [2.75, 3.05) is 13.1 Å². The maximum absolute atomic E-state index is 13.9. The third kappa shape index (κ3) is 1.57. The van der Waals surface area contributed by atoms with Gasteiger partial charge < -0.3 is 24.8 Å². The lowest BCUT2D eigenvalue weighted by Gasteiger charge is -2.67. The van der Waals surface area contributed by atoms with Gasteiger partial charge in [-0.25, -0.2) is 0 Å². The Morgan fingerprint density at radius 3 is 2.88 bits per heavy atom. The van der Waals surface area contributed by atoms with Gasteiger partial charge in [0, 0.05) is 24.3 Å². The van der Waals surface area contributed by atoms with Gasteiger partial charge in [0.15, 0.2) is 11.5 Å². The predicted molar refractivity (Wildman–Crippen MR) is 91.2 cm³/mol. The number of aromatic hydroxyl groups is 1. The number of aliphatic hydroxyl groups is 1. The zero-order valence-electron chi connectivity index (χ0n) is 14.4. The summed E-state index contributed by atoms with van der Waals surface area (Å²) in [6, 6.07) is 3.36. The van der Waals surface area contributed by atoms with Gasteiger partial charge in [0.25, 0.3) is 0 Å². The van der Waals surface area contributed by atoms with Crippen LogP contribution in [0.3, 0.4) is 0 Å². The summed E-state index contributed by atoms with van der Waals surface area (Å²) in [4.78, 5) is 0. The van der Waals surface area contributed by atoms with Gasteiger partial charge in [-0.3, -0.25) is 0 Å². The van der Waals surface area contributed by atoms with Crippen LogP contribution in [0.25, 0.3) is 0 Å². The first-order chi connectivity index (χ1) is 12.0. The van der Waals surface area contributed by atoms with Crippen molar-refractivity contribution in [1.82, 2.24) is 0 Å². The summed E-state index contributed by atoms with van der Waals surface area (Å²) >= 11 is 0. The molecule has 5 nitrogen and oxygen atoms in total. The minimum atomic E-state index is -1.00. The molecule has 2 aliphatic heterocycles. The topological polar surface area (TPSA) is 72.8 Å². The number of likely N-dealkylation sites (tertiary alicyclic amines) is 1. The number of benzene rings is 1. The Morgan fingerprint density at radius 1 is 1.24 bits per heavy atom. The molecular formula is C20H25NO4. The van der Waals surface area contributed by atoms with E-state index in [-0.39, 0.29) is 22.5 Å². The van der Waals surface area contributed by atoms with Crippen LogP contribution in [0.15, 0.2) is 12.1 Å². The highest BCUT2D eigenvalue weighted by molar-refractivity contribution is 5.61. The van der Waals surface area contributed by atoms with Gasteiger partial charge in [-0.2, -0.15) is 0 Å². The second kappa shape index (κ2) is 4.33. The monoisotopic (exact) mass is 343 g/mol. The Morgan fingerprint density at radius 2 is 2.08 bits per heavy atom. The molecule has 2 bridgehead atoms. The van der Waals surface area contributed by atoms with Gasteiger partial charge in [-0.15, -0.1) is 0 Å². The molecule has 2 heterocycles. The van der Waals surface area contributed by atoms with Crippen LogP contribution in [0.4, 0.5) is 0 Å². The Hall–Kier alpha value is -1.30. The van der Waals surface area contributed by atoms with Crippen LogP contribution >= 0.6 is 0 Å². The Labute approximate surface area is 147 Å². The molecule has 5 aliphatic rings. The molecule has 5 heteroatoms. The second-order valence-electron chi connectivity index (χ2n) is 9.11. The number of ether oxygens (including phenoxy) is 1. The number of nitrogens with zero attached hydrogens (tertiary/aromatic N) is 1. The van der Waals surface area contributed by atoms with E-state index in [9.17, 15) is 15.4 Å². The zero-order chi connectivity index (χ0) is 17.0.